The normalized spacial score (nSPS) is 20.6. The third-order valence-corrected chi connectivity index (χ3v) is 6.44. The fraction of sp³-hybridized carbons (Fsp3) is 0.667. The van der Waals surface area contributed by atoms with E-state index in [-0.39, 0.29) is 6.54 Å². The van der Waals surface area contributed by atoms with Gasteiger partial charge in [0.1, 0.15) is 4.21 Å². The monoisotopic (exact) mass is 304 g/mol. The smallest absolute Gasteiger partial charge is 0.250 e. The summed E-state index contributed by atoms with van der Waals surface area (Å²) in [6.07, 6.45) is 1.19. The van der Waals surface area contributed by atoms with E-state index in [1.54, 1.807) is 11.4 Å². The van der Waals surface area contributed by atoms with Crippen molar-refractivity contribution in [1.29, 1.82) is 0 Å². The van der Waals surface area contributed by atoms with E-state index in [4.69, 9.17) is 0 Å². The number of hydrogen-bond acceptors (Lipinski definition) is 5. The van der Waals surface area contributed by atoms with Gasteiger partial charge >= 0.3 is 0 Å². The number of likely N-dealkylation sites (tertiary alicyclic amines) is 1. The molecule has 0 radical (unpaired) electrons. The summed E-state index contributed by atoms with van der Waals surface area (Å²) < 4.78 is 27.0. The first-order chi connectivity index (χ1) is 8.81. The van der Waals surface area contributed by atoms with Crippen molar-refractivity contribution in [3.63, 3.8) is 0 Å². The highest BCUT2D eigenvalue weighted by Gasteiger charge is 2.32. The molecule has 0 bridgehead atoms. The average molecular weight is 304 g/mol. The van der Waals surface area contributed by atoms with E-state index in [2.05, 4.69) is 9.62 Å². The van der Waals surface area contributed by atoms with Gasteiger partial charge in [-0.15, -0.1) is 11.3 Å². The number of hydrogen-bond donors (Lipinski definition) is 2. The first-order valence-corrected chi connectivity index (χ1v) is 8.63. The number of aliphatic hydroxyl groups is 1. The summed E-state index contributed by atoms with van der Waals surface area (Å²) in [5.74, 6) is 0. The van der Waals surface area contributed by atoms with Crippen LogP contribution in [0.2, 0.25) is 0 Å². The Morgan fingerprint density at radius 3 is 2.63 bits per heavy atom. The quantitative estimate of drug-likeness (QED) is 0.863. The Morgan fingerprint density at radius 2 is 2.11 bits per heavy atom. The van der Waals surface area contributed by atoms with Gasteiger partial charge in [-0.3, -0.25) is 0 Å². The lowest BCUT2D eigenvalue weighted by Crippen LogP contribution is -2.49. The SMILES string of the molecule is Cc1csc(S(=O)(=O)NCC2(O)CCN(C)CC2)c1. The molecule has 2 heterocycles. The first kappa shape index (κ1) is 14.9. The topological polar surface area (TPSA) is 69.6 Å². The van der Waals surface area contributed by atoms with Crippen LogP contribution in [0.3, 0.4) is 0 Å². The van der Waals surface area contributed by atoms with E-state index in [0.717, 1.165) is 18.7 Å². The largest absolute Gasteiger partial charge is 0.388 e. The number of nitrogens with one attached hydrogen (secondary N) is 1. The third-order valence-electron chi connectivity index (χ3n) is 3.48. The van der Waals surface area contributed by atoms with Gasteiger partial charge < -0.3 is 10.0 Å². The molecule has 108 valence electrons. The summed E-state index contributed by atoms with van der Waals surface area (Å²) in [7, 11) is -1.50. The molecule has 7 heteroatoms. The standard InChI is InChI=1S/C12H20N2O3S2/c1-10-7-11(18-8-10)19(16,17)13-9-12(15)3-5-14(2)6-4-12/h7-8,13,15H,3-6,9H2,1-2H3. The van der Waals surface area contributed by atoms with Crippen LogP contribution in [0.5, 0.6) is 0 Å². The molecule has 0 unspecified atom stereocenters. The molecule has 19 heavy (non-hydrogen) atoms. The highest BCUT2D eigenvalue weighted by atomic mass is 32.2. The lowest BCUT2D eigenvalue weighted by Gasteiger charge is -2.36. The van der Waals surface area contributed by atoms with Crippen molar-refractivity contribution < 1.29 is 13.5 Å². The number of nitrogens with zero attached hydrogens (tertiary/aromatic N) is 1. The maximum absolute atomic E-state index is 12.1. The summed E-state index contributed by atoms with van der Waals surface area (Å²) in [6.45, 7) is 3.52. The summed E-state index contributed by atoms with van der Waals surface area (Å²) in [5.41, 5.74) is 0.00897. The van der Waals surface area contributed by atoms with E-state index in [1.807, 2.05) is 14.0 Å². The van der Waals surface area contributed by atoms with Crippen LogP contribution in [-0.2, 0) is 10.0 Å². The number of sulfonamides is 1. The second kappa shape index (κ2) is 5.49. The van der Waals surface area contributed by atoms with Crippen molar-refractivity contribution in [3.8, 4) is 0 Å². The van der Waals surface area contributed by atoms with E-state index in [0.29, 0.717) is 17.1 Å². The second-order valence-electron chi connectivity index (χ2n) is 5.30. The highest BCUT2D eigenvalue weighted by molar-refractivity contribution is 7.91. The van der Waals surface area contributed by atoms with Gasteiger partial charge in [-0.25, -0.2) is 13.1 Å². The Balaban J connectivity index is 1.98. The minimum atomic E-state index is -3.50. The Labute approximate surface area is 118 Å². The van der Waals surface area contributed by atoms with Crippen LogP contribution in [0.15, 0.2) is 15.7 Å². The Hall–Kier alpha value is -0.470. The molecule has 2 rings (SSSR count). The average Bonchev–Trinajstić information content (AvgIpc) is 2.79. The molecule has 0 aliphatic carbocycles. The van der Waals surface area contributed by atoms with Gasteiger partial charge in [-0.2, -0.15) is 0 Å². The second-order valence-corrected chi connectivity index (χ2v) is 8.20. The van der Waals surface area contributed by atoms with Crippen molar-refractivity contribution in [1.82, 2.24) is 9.62 Å². The van der Waals surface area contributed by atoms with Crippen LogP contribution in [-0.4, -0.2) is 50.7 Å². The maximum atomic E-state index is 12.1. The van der Waals surface area contributed by atoms with Crippen LogP contribution >= 0.6 is 11.3 Å². The molecule has 0 saturated carbocycles. The van der Waals surface area contributed by atoms with Gasteiger partial charge in [0.25, 0.3) is 0 Å². The van der Waals surface area contributed by atoms with E-state index in [1.165, 1.54) is 11.3 Å². The van der Waals surface area contributed by atoms with Gasteiger partial charge in [0.05, 0.1) is 5.60 Å². The molecule has 0 spiro atoms. The van der Waals surface area contributed by atoms with Crippen molar-refractivity contribution in [2.45, 2.75) is 29.6 Å². The Kier molecular flexibility index (Phi) is 4.32. The van der Waals surface area contributed by atoms with Gasteiger partial charge in [-0.1, -0.05) is 0 Å². The molecule has 1 aliphatic heterocycles. The van der Waals surface area contributed by atoms with E-state index < -0.39 is 15.6 Å². The van der Waals surface area contributed by atoms with Crippen LogP contribution in [0, 0.1) is 6.92 Å². The Bertz CT molecular complexity index is 531. The molecule has 1 fully saturated rings. The molecule has 1 aromatic rings. The molecular weight excluding hydrogens is 284 g/mol. The zero-order chi connectivity index (χ0) is 14.1. The minimum Gasteiger partial charge on any atom is -0.388 e. The lowest BCUT2D eigenvalue weighted by molar-refractivity contribution is -0.0104. The Morgan fingerprint density at radius 1 is 1.47 bits per heavy atom. The molecular formula is C12H20N2O3S2. The van der Waals surface area contributed by atoms with Crippen molar-refractivity contribution >= 4 is 21.4 Å². The van der Waals surface area contributed by atoms with Gasteiger partial charge in [0.15, 0.2) is 0 Å². The van der Waals surface area contributed by atoms with Crippen molar-refractivity contribution in [2.75, 3.05) is 26.7 Å². The molecule has 1 saturated heterocycles. The maximum Gasteiger partial charge on any atom is 0.250 e. The number of thiophene rings is 1. The summed E-state index contributed by atoms with van der Waals surface area (Å²) in [6, 6.07) is 1.64. The number of aryl methyl sites for hydroxylation is 1. The van der Waals surface area contributed by atoms with E-state index >= 15 is 0 Å². The summed E-state index contributed by atoms with van der Waals surface area (Å²) >= 11 is 1.20. The van der Waals surface area contributed by atoms with Crippen LogP contribution in [0.1, 0.15) is 18.4 Å². The van der Waals surface area contributed by atoms with Gasteiger partial charge in [-0.05, 0) is 43.8 Å². The predicted octanol–water partition coefficient (Wildman–Crippen LogP) is 0.792. The summed E-state index contributed by atoms with van der Waals surface area (Å²) in [4.78, 5) is 2.13. The molecule has 2 N–H and O–H groups in total. The van der Waals surface area contributed by atoms with Gasteiger partial charge in [0, 0.05) is 19.6 Å². The van der Waals surface area contributed by atoms with Crippen LogP contribution < -0.4 is 4.72 Å². The zero-order valence-electron chi connectivity index (χ0n) is 11.2. The number of piperidine rings is 1. The fourth-order valence-electron chi connectivity index (χ4n) is 2.06. The molecule has 0 aromatic carbocycles. The minimum absolute atomic E-state index is 0.0835. The first-order valence-electron chi connectivity index (χ1n) is 6.26. The van der Waals surface area contributed by atoms with Crippen LogP contribution in [0.25, 0.3) is 0 Å². The molecule has 0 atom stereocenters. The fourth-order valence-corrected chi connectivity index (χ4v) is 4.45. The highest BCUT2D eigenvalue weighted by Crippen LogP contribution is 2.23. The third kappa shape index (κ3) is 3.76. The lowest BCUT2D eigenvalue weighted by atomic mass is 9.92. The summed E-state index contributed by atoms with van der Waals surface area (Å²) in [5, 5.41) is 12.2. The van der Waals surface area contributed by atoms with Crippen molar-refractivity contribution in [3.05, 3.63) is 17.0 Å². The van der Waals surface area contributed by atoms with E-state index in [9.17, 15) is 13.5 Å². The molecule has 5 nitrogen and oxygen atoms in total. The molecule has 1 aliphatic rings. The zero-order valence-corrected chi connectivity index (χ0v) is 12.9. The van der Waals surface area contributed by atoms with Crippen molar-refractivity contribution in [2.24, 2.45) is 0 Å². The number of rotatable bonds is 4. The molecule has 0 amide bonds. The predicted molar refractivity (Wildman–Crippen MR) is 75.9 cm³/mol. The molecule has 1 aromatic heterocycles. The van der Waals surface area contributed by atoms with Crippen LogP contribution in [0.4, 0.5) is 0 Å². The van der Waals surface area contributed by atoms with Gasteiger partial charge in [0.2, 0.25) is 10.0 Å².